The highest BCUT2D eigenvalue weighted by atomic mass is 16.6. The van der Waals surface area contributed by atoms with E-state index in [1.165, 1.54) is 36.1 Å². The number of esters is 2. The Labute approximate surface area is 336 Å². The van der Waals surface area contributed by atoms with Crippen LogP contribution in [-0.2, 0) is 38.2 Å². The zero-order valence-electron chi connectivity index (χ0n) is 34.7. The van der Waals surface area contributed by atoms with E-state index < -0.39 is 35.3 Å². The molecule has 57 heavy (non-hydrogen) atoms. The molecule has 8 aliphatic rings. The van der Waals surface area contributed by atoms with E-state index in [0.29, 0.717) is 30.6 Å². The molecule has 0 aromatic rings. The molecular formula is C48H58O9. The minimum Gasteiger partial charge on any atom is -0.457 e. The normalized spacial score (nSPS) is 40.8. The quantitative estimate of drug-likeness (QED) is 0.215. The molecule has 0 spiro atoms. The highest BCUT2D eigenvalue weighted by Crippen LogP contribution is 2.67. The molecule has 0 heterocycles. The third kappa shape index (κ3) is 6.20. The second kappa shape index (κ2) is 14.2. The van der Waals surface area contributed by atoms with Crippen molar-refractivity contribution < 1.29 is 43.3 Å². The highest BCUT2D eigenvalue weighted by Gasteiger charge is 2.67. The maximum atomic E-state index is 12.9. The average Bonchev–Trinajstić information content (AvgIpc) is 3.66. The molecule has 0 bridgehead atoms. The number of carbonyl (C=O) groups is 6. The number of aliphatic hydroxyl groups is 1. The van der Waals surface area contributed by atoms with E-state index in [2.05, 4.69) is 58.9 Å². The molecule has 304 valence electrons. The molecule has 9 heteroatoms. The van der Waals surface area contributed by atoms with Gasteiger partial charge in [-0.05, 0) is 130 Å². The van der Waals surface area contributed by atoms with Gasteiger partial charge in [0, 0.05) is 41.1 Å². The van der Waals surface area contributed by atoms with Crippen molar-refractivity contribution in [1.82, 2.24) is 0 Å². The number of Topliss-reactive ketones (excluding diaryl/α,β-unsaturated/α-hetero) is 2. The van der Waals surface area contributed by atoms with Gasteiger partial charge in [0.25, 0.3) is 0 Å². The van der Waals surface area contributed by atoms with Gasteiger partial charge in [-0.1, -0.05) is 69.2 Å². The molecule has 3 fully saturated rings. The summed E-state index contributed by atoms with van der Waals surface area (Å²) in [5.74, 6) is 0.561. The number of fused-ring (bicyclic) bond motifs is 10. The smallest absolute Gasteiger partial charge is 0.303 e. The number of ether oxygens (including phenoxy) is 2. The van der Waals surface area contributed by atoms with Gasteiger partial charge in [-0.3, -0.25) is 28.8 Å². The van der Waals surface area contributed by atoms with E-state index in [1.807, 2.05) is 19.1 Å². The molecule has 9 nitrogen and oxygen atoms in total. The molecule has 0 saturated heterocycles. The Kier molecular flexibility index (Phi) is 10.2. The van der Waals surface area contributed by atoms with Crippen molar-refractivity contribution in [1.29, 1.82) is 0 Å². The number of carbonyl (C=O) groups excluding carboxylic acids is 6. The van der Waals surface area contributed by atoms with Gasteiger partial charge in [-0.2, -0.15) is 0 Å². The molecule has 0 radical (unpaired) electrons. The molecule has 4 unspecified atom stereocenters. The number of hydrogen-bond donors (Lipinski definition) is 1. The number of aliphatic hydroxyl groups excluding tert-OH is 1. The number of rotatable bonds is 6. The van der Waals surface area contributed by atoms with E-state index in [1.54, 1.807) is 18.2 Å². The lowest BCUT2D eigenvalue weighted by Crippen LogP contribution is -2.57. The third-order valence-electron chi connectivity index (χ3n) is 15.9. The minimum absolute atomic E-state index is 0.0484. The Balaban J connectivity index is 0.000000174. The molecule has 8 aliphatic carbocycles. The minimum atomic E-state index is -1.26. The fourth-order valence-electron chi connectivity index (χ4n) is 13.2. The highest BCUT2D eigenvalue weighted by molar-refractivity contribution is 6.02. The van der Waals surface area contributed by atoms with Crippen molar-refractivity contribution in [3.63, 3.8) is 0 Å². The summed E-state index contributed by atoms with van der Waals surface area (Å²) in [6, 6.07) is 0. The topological polar surface area (TPSA) is 141 Å². The van der Waals surface area contributed by atoms with Crippen LogP contribution in [0.5, 0.6) is 0 Å². The van der Waals surface area contributed by atoms with Gasteiger partial charge in [-0.15, -0.1) is 0 Å². The second-order valence-electron chi connectivity index (χ2n) is 18.9. The van der Waals surface area contributed by atoms with E-state index in [-0.39, 0.29) is 58.0 Å². The standard InChI is InChI=1S/C24H30O5.C24H28O4/c1-14-11-17-18(22(3)8-5-16(27)12-20(14)22)6-9-23(4)19(17)7-10-24(23,21(28)13-25)29-15(2)26;1-14-11-17-18-5-6-20(22(27)13-28-15(2)25)23(18,3)10-8-19(17)24(4)9-7-16(26)12-21(14)24/h5-6,8,12,14,17,19,25H,7,9-11,13H2,1-4H3;6-9,12,14,17-18H,5,10-11,13H2,1-4H3/t14-,17?,19?,22+,23-,24-;14-,17?,18?,23-,24+/m00/s1. The van der Waals surface area contributed by atoms with Crippen LogP contribution in [0, 0.1) is 57.2 Å². The Morgan fingerprint density at radius 3 is 1.82 bits per heavy atom. The van der Waals surface area contributed by atoms with Crippen molar-refractivity contribution in [3.05, 3.63) is 82.5 Å². The molecule has 3 saturated carbocycles. The van der Waals surface area contributed by atoms with Gasteiger partial charge in [0.05, 0.1) is 0 Å². The molecule has 0 aromatic heterocycles. The van der Waals surface area contributed by atoms with E-state index in [0.717, 1.165) is 37.7 Å². The lowest BCUT2D eigenvalue weighted by molar-refractivity contribution is -0.183. The molecule has 0 aliphatic heterocycles. The fraction of sp³-hybridized carbons (Fsp3) is 0.583. The van der Waals surface area contributed by atoms with Crippen molar-refractivity contribution in [2.24, 2.45) is 57.2 Å². The van der Waals surface area contributed by atoms with Crippen molar-refractivity contribution in [2.45, 2.75) is 106 Å². The predicted molar refractivity (Wildman–Crippen MR) is 214 cm³/mol. The molecule has 0 amide bonds. The number of hydrogen-bond acceptors (Lipinski definition) is 9. The van der Waals surface area contributed by atoms with Gasteiger partial charge in [-0.25, -0.2) is 0 Å². The Morgan fingerprint density at radius 2 is 1.30 bits per heavy atom. The molecule has 1 N–H and O–H groups in total. The lowest BCUT2D eigenvalue weighted by atomic mass is 9.49. The fourth-order valence-corrected chi connectivity index (χ4v) is 13.2. The third-order valence-corrected chi connectivity index (χ3v) is 15.9. The van der Waals surface area contributed by atoms with E-state index in [9.17, 15) is 33.9 Å². The van der Waals surface area contributed by atoms with Gasteiger partial charge in [0.2, 0.25) is 5.78 Å². The summed E-state index contributed by atoms with van der Waals surface area (Å²) in [7, 11) is 0. The van der Waals surface area contributed by atoms with Gasteiger partial charge < -0.3 is 14.6 Å². The van der Waals surface area contributed by atoms with E-state index in [4.69, 9.17) is 9.47 Å². The first kappa shape index (κ1) is 40.9. The molecule has 8 rings (SSSR count). The predicted octanol–water partition coefficient (Wildman–Crippen LogP) is 7.45. The van der Waals surface area contributed by atoms with Crippen LogP contribution < -0.4 is 0 Å². The van der Waals surface area contributed by atoms with Crippen LogP contribution in [0.4, 0.5) is 0 Å². The van der Waals surface area contributed by atoms with Crippen LogP contribution in [0.25, 0.3) is 0 Å². The summed E-state index contributed by atoms with van der Waals surface area (Å²) >= 11 is 0. The summed E-state index contributed by atoms with van der Waals surface area (Å²) in [5, 5.41) is 9.67. The maximum Gasteiger partial charge on any atom is 0.303 e. The van der Waals surface area contributed by atoms with Gasteiger partial charge in [0.15, 0.2) is 29.6 Å². The van der Waals surface area contributed by atoms with Crippen molar-refractivity contribution in [2.75, 3.05) is 13.2 Å². The summed E-state index contributed by atoms with van der Waals surface area (Å²) in [6.07, 6.45) is 23.2. The zero-order valence-corrected chi connectivity index (χ0v) is 34.7. The lowest BCUT2D eigenvalue weighted by Gasteiger charge is -2.55. The van der Waals surface area contributed by atoms with Crippen LogP contribution in [0.15, 0.2) is 82.5 Å². The molecule has 0 aromatic carbocycles. The maximum absolute atomic E-state index is 12.9. The van der Waals surface area contributed by atoms with E-state index >= 15 is 0 Å². The largest absolute Gasteiger partial charge is 0.457 e. The summed E-state index contributed by atoms with van der Waals surface area (Å²) in [5.41, 5.74) is 3.47. The van der Waals surface area contributed by atoms with Crippen LogP contribution in [-0.4, -0.2) is 59.0 Å². The number of ketones is 4. The first-order valence-corrected chi connectivity index (χ1v) is 20.8. The summed E-state index contributed by atoms with van der Waals surface area (Å²) in [6.45, 7) is 14.9. The zero-order chi connectivity index (χ0) is 41.5. The van der Waals surface area contributed by atoms with Gasteiger partial charge >= 0.3 is 11.9 Å². The van der Waals surface area contributed by atoms with Crippen molar-refractivity contribution >= 4 is 35.1 Å². The monoisotopic (exact) mass is 778 g/mol. The van der Waals surface area contributed by atoms with Crippen LogP contribution in [0.3, 0.4) is 0 Å². The Bertz CT molecular complexity index is 2060. The molecule has 11 atom stereocenters. The number of allylic oxidation sites excluding steroid dienone is 13. The van der Waals surface area contributed by atoms with Crippen LogP contribution in [0.1, 0.15) is 100 Å². The Morgan fingerprint density at radius 1 is 0.754 bits per heavy atom. The Hall–Kier alpha value is -4.24. The average molecular weight is 779 g/mol. The molecular weight excluding hydrogens is 721 g/mol. The SMILES string of the molecule is CC(=O)OCC(=O)C1=CCC2C3C[C@H](C)C4=CC(=O)C=C[C@]4(C)C3=CC[C@]12C.CC(=O)O[C@]1(C(=O)CO)CCC2C3C[C@H](C)C4=CC(=O)C=C[C@]4(C)C3=CC[C@@]21C. The summed E-state index contributed by atoms with van der Waals surface area (Å²) < 4.78 is 10.7. The van der Waals surface area contributed by atoms with Gasteiger partial charge in [0.1, 0.15) is 6.61 Å². The second-order valence-corrected chi connectivity index (χ2v) is 18.9. The first-order valence-electron chi connectivity index (χ1n) is 20.8. The van der Waals surface area contributed by atoms with Crippen LogP contribution >= 0.6 is 0 Å². The van der Waals surface area contributed by atoms with Crippen LogP contribution in [0.2, 0.25) is 0 Å². The summed E-state index contributed by atoms with van der Waals surface area (Å²) in [4.78, 5) is 72.6. The first-order chi connectivity index (χ1) is 26.8. The van der Waals surface area contributed by atoms with Crippen molar-refractivity contribution in [3.8, 4) is 0 Å².